The van der Waals surface area contributed by atoms with Gasteiger partial charge in [-0.25, -0.2) is 4.98 Å². The summed E-state index contributed by atoms with van der Waals surface area (Å²) in [6.07, 6.45) is 0.805. The molecule has 1 aromatic carbocycles. The third-order valence-corrected chi connectivity index (χ3v) is 5.77. The van der Waals surface area contributed by atoms with Crippen LogP contribution in [0.1, 0.15) is 25.6 Å². The molecule has 0 saturated heterocycles. The molecule has 7 nitrogen and oxygen atoms in total. The number of hydrogen-bond donors (Lipinski definition) is 0. The minimum atomic E-state index is -0.679. The molecular weight excluding hydrogens is 414 g/mol. The first-order valence-electron chi connectivity index (χ1n) is 10.0. The molecule has 1 unspecified atom stereocenters. The summed E-state index contributed by atoms with van der Waals surface area (Å²) in [7, 11) is 0. The van der Waals surface area contributed by atoms with Gasteiger partial charge in [0, 0.05) is 16.6 Å². The molecule has 0 radical (unpaired) electrons. The number of thiazole rings is 1. The fourth-order valence-corrected chi connectivity index (χ4v) is 4.32. The number of pyridine rings is 1. The summed E-state index contributed by atoms with van der Waals surface area (Å²) in [5.41, 5.74) is 2.99. The van der Waals surface area contributed by atoms with Crippen LogP contribution in [-0.4, -0.2) is 40.6 Å². The summed E-state index contributed by atoms with van der Waals surface area (Å²) in [5.74, 6) is -0.198. The van der Waals surface area contributed by atoms with E-state index in [9.17, 15) is 9.59 Å². The third-order valence-electron chi connectivity index (χ3n) is 4.78. The lowest BCUT2D eigenvalue weighted by Gasteiger charge is -2.32. The van der Waals surface area contributed by atoms with Gasteiger partial charge in [-0.15, -0.1) is 11.3 Å². The predicted molar refractivity (Wildman–Crippen MR) is 119 cm³/mol. The van der Waals surface area contributed by atoms with Gasteiger partial charge in [-0.2, -0.15) is 0 Å². The Bertz CT molecular complexity index is 1130. The highest BCUT2D eigenvalue weighted by Gasteiger charge is 2.33. The summed E-state index contributed by atoms with van der Waals surface area (Å²) in [6, 6.07) is 11.3. The summed E-state index contributed by atoms with van der Waals surface area (Å²) < 4.78 is 11.0. The zero-order chi connectivity index (χ0) is 22.1. The molecule has 0 bridgehead atoms. The molecule has 0 saturated carbocycles. The molecule has 160 valence electrons. The van der Waals surface area contributed by atoms with Crippen molar-refractivity contribution in [2.24, 2.45) is 0 Å². The molecule has 4 rings (SSSR count). The zero-order valence-corrected chi connectivity index (χ0v) is 18.6. The lowest BCUT2D eigenvalue weighted by molar-refractivity contribution is -0.146. The molecule has 0 aliphatic carbocycles. The maximum Gasteiger partial charge on any atom is 0.326 e. The van der Waals surface area contributed by atoms with E-state index in [1.807, 2.05) is 43.3 Å². The Kier molecular flexibility index (Phi) is 5.73. The molecule has 31 heavy (non-hydrogen) atoms. The maximum absolute atomic E-state index is 12.8. The van der Waals surface area contributed by atoms with Crippen LogP contribution in [0.25, 0.3) is 22.0 Å². The van der Waals surface area contributed by atoms with Crippen molar-refractivity contribution in [3.8, 4) is 27.7 Å². The molecule has 1 amide bonds. The van der Waals surface area contributed by atoms with Gasteiger partial charge >= 0.3 is 5.97 Å². The number of fused-ring (bicyclic) bond motifs is 1. The van der Waals surface area contributed by atoms with Gasteiger partial charge in [0.2, 0.25) is 0 Å². The highest BCUT2D eigenvalue weighted by atomic mass is 32.1. The molecule has 1 aliphatic heterocycles. The van der Waals surface area contributed by atoms with Crippen LogP contribution < -0.4 is 9.64 Å². The molecule has 3 heterocycles. The molecule has 1 aliphatic rings. The lowest BCUT2D eigenvalue weighted by Crippen LogP contribution is -2.47. The van der Waals surface area contributed by atoms with Crippen molar-refractivity contribution in [2.75, 3.05) is 11.4 Å². The van der Waals surface area contributed by atoms with Gasteiger partial charge in [0.15, 0.2) is 6.10 Å². The summed E-state index contributed by atoms with van der Waals surface area (Å²) in [5, 5.41) is 0.823. The van der Waals surface area contributed by atoms with E-state index in [0.29, 0.717) is 11.4 Å². The van der Waals surface area contributed by atoms with Crippen LogP contribution in [0.4, 0.5) is 5.69 Å². The summed E-state index contributed by atoms with van der Waals surface area (Å²) in [4.78, 5) is 36.7. The van der Waals surface area contributed by atoms with E-state index >= 15 is 0 Å². The first-order chi connectivity index (χ1) is 14.8. The van der Waals surface area contributed by atoms with E-state index in [-0.39, 0.29) is 18.6 Å². The van der Waals surface area contributed by atoms with Gasteiger partial charge in [0.25, 0.3) is 5.91 Å². The number of carbonyl (C=O) groups excluding carboxylic acids is 2. The Labute approximate surface area is 184 Å². The van der Waals surface area contributed by atoms with Gasteiger partial charge in [0.05, 0.1) is 23.2 Å². The minimum absolute atomic E-state index is 0.170. The largest absolute Gasteiger partial charge is 0.479 e. The molecule has 0 N–H and O–H groups in total. The number of aromatic nitrogens is 2. The van der Waals surface area contributed by atoms with E-state index < -0.39 is 12.1 Å². The number of rotatable bonds is 5. The number of amides is 1. The highest BCUT2D eigenvalue weighted by molar-refractivity contribution is 7.15. The number of hydrogen-bond acceptors (Lipinski definition) is 7. The van der Waals surface area contributed by atoms with E-state index in [1.165, 1.54) is 4.90 Å². The second-order valence-electron chi connectivity index (χ2n) is 7.54. The minimum Gasteiger partial charge on any atom is -0.479 e. The van der Waals surface area contributed by atoms with Crippen molar-refractivity contribution in [3.63, 3.8) is 0 Å². The molecular formula is C23H23N3O4S. The van der Waals surface area contributed by atoms with Crippen molar-refractivity contribution in [2.45, 2.75) is 39.9 Å². The molecule has 8 heteroatoms. The van der Waals surface area contributed by atoms with Crippen molar-refractivity contribution in [1.29, 1.82) is 0 Å². The van der Waals surface area contributed by atoms with Crippen molar-refractivity contribution in [1.82, 2.24) is 9.97 Å². The zero-order valence-electron chi connectivity index (χ0n) is 17.8. The van der Waals surface area contributed by atoms with Crippen LogP contribution in [0.3, 0.4) is 0 Å². The normalized spacial score (nSPS) is 15.6. The molecule has 0 fully saturated rings. The topological polar surface area (TPSA) is 81.6 Å². The van der Waals surface area contributed by atoms with Gasteiger partial charge in [0.1, 0.15) is 17.3 Å². The van der Waals surface area contributed by atoms with Gasteiger partial charge < -0.3 is 9.47 Å². The number of carbonyl (C=O) groups is 2. The quantitative estimate of drug-likeness (QED) is 0.555. The Morgan fingerprint density at radius 1 is 1.29 bits per heavy atom. The average molecular weight is 438 g/mol. The average Bonchev–Trinajstić information content (AvgIpc) is 3.13. The lowest BCUT2D eigenvalue weighted by atomic mass is 10.1. The van der Waals surface area contributed by atoms with Crippen LogP contribution in [0.15, 0.2) is 42.6 Å². The van der Waals surface area contributed by atoms with E-state index in [2.05, 4.69) is 4.98 Å². The number of benzene rings is 1. The van der Waals surface area contributed by atoms with E-state index in [4.69, 9.17) is 14.5 Å². The second-order valence-corrected chi connectivity index (χ2v) is 8.75. The summed E-state index contributed by atoms with van der Waals surface area (Å²) in [6.45, 7) is 7.05. The number of esters is 1. The highest BCUT2D eigenvalue weighted by Crippen LogP contribution is 2.39. The number of ether oxygens (including phenoxy) is 2. The Morgan fingerprint density at radius 3 is 2.81 bits per heavy atom. The molecule has 2 aromatic heterocycles. The first-order valence-corrected chi connectivity index (χ1v) is 10.9. The van der Waals surface area contributed by atoms with Crippen LogP contribution in [0.5, 0.6) is 5.75 Å². The second kappa shape index (κ2) is 8.47. The molecule has 0 spiro atoms. The van der Waals surface area contributed by atoms with Crippen LogP contribution >= 0.6 is 11.3 Å². The van der Waals surface area contributed by atoms with Gasteiger partial charge in [-0.3, -0.25) is 19.5 Å². The Balaban J connectivity index is 1.71. The third kappa shape index (κ3) is 4.29. The fraction of sp³-hybridized carbons (Fsp3) is 0.304. The van der Waals surface area contributed by atoms with Gasteiger partial charge in [-0.1, -0.05) is 6.07 Å². The smallest absolute Gasteiger partial charge is 0.326 e. The standard InChI is InChI=1S/C23H23N3O4S/c1-13(2)29-20(27)12-26-18-11-16(8-9-19(18)30-14(3)23(26)28)21-15(4)31-22(25-21)17-7-5-6-10-24-17/h5-11,13-14H,12H2,1-4H3. The molecule has 3 aromatic rings. The number of nitrogens with zero attached hydrogens (tertiary/aromatic N) is 3. The Hall–Kier alpha value is -3.26. The first kappa shape index (κ1) is 21.0. The predicted octanol–water partition coefficient (Wildman–Crippen LogP) is 4.25. The van der Waals surface area contributed by atoms with Crippen LogP contribution in [0, 0.1) is 6.92 Å². The van der Waals surface area contributed by atoms with Crippen LogP contribution in [0.2, 0.25) is 0 Å². The van der Waals surface area contributed by atoms with Crippen LogP contribution in [-0.2, 0) is 14.3 Å². The van der Waals surface area contributed by atoms with Crippen molar-refractivity contribution < 1.29 is 19.1 Å². The maximum atomic E-state index is 12.8. The van der Waals surface area contributed by atoms with E-state index in [1.54, 1.807) is 38.3 Å². The number of aryl methyl sites for hydroxylation is 1. The van der Waals surface area contributed by atoms with Crippen molar-refractivity contribution >= 4 is 28.9 Å². The fourth-order valence-electron chi connectivity index (χ4n) is 3.41. The van der Waals surface area contributed by atoms with Gasteiger partial charge in [-0.05, 0) is 58.0 Å². The van der Waals surface area contributed by atoms with E-state index in [0.717, 1.165) is 26.8 Å². The number of anilines is 1. The molecule has 1 atom stereocenters. The summed E-state index contributed by atoms with van der Waals surface area (Å²) >= 11 is 1.56. The SMILES string of the molecule is Cc1sc(-c2ccccn2)nc1-c1ccc2c(c1)N(CC(=O)OC(C)C)C(=O)C(C)O2. The van der Waals surface area contributed by atoms with Crippen molar-refractivity contribution in [3.05, 3.63) is 47.5 Å². The monoisotopic (exact) mass is 437 g/mol. The Morgan fingerprint density at radius 2 is 2.10 bits per heavy atom.